The number of nitrogens with zero attached hydrogens (tertiary/aromatic N) is 3. The second kappa shape index (κ2) is 10.2. The number of nitrogens with one attached hydrogen (secondary N) is 1. The van der Waals surface area contributed by atoms with E-state index >= 15 is 0 Å². The van der Waals surface area contributed by atoms with Crippen LogP contribution < -0.4 is 10.1 Å². The van der Waals surface area contributed by atoms with Gasteiger partial charge in [0.05, 0.1) is 18.2 Å². The molecule has 2 aromatic carbocycles. The number of hydrogen-bond donors (Lipinski definition) is 1. The highest BCUT2D eigenvalue weighted by molar-refractivity contribution is 5.85. The fourth-order valence-electron chi connectivity index (χ4n) is 3.10. The largest absolute Gasteiger partial charge is 0.484 e. The van der Waals surface area contributed by atoms with Gasteiger partial charge in [-0.3, -0.25) is 14.5 Å². The van der Waals surface area contributed by atoms with Crippen LogP contribution in [0.1, 0.15) is 11.1 Å². The molecule has 0 spiro atoms. The number of para-hydroxylation sites is 1. The summed E-state index contributed by atoms with van der Waals surface area (Å²) in [5, 5.41) is 11.5. The van der Waals surface area contributed by atoms with Crippen molar-refractivity contribution in [2.45, 2.75) is 6.54 Å². The topological polar surface area (TPSA) is 85.7 Å². The maximum Gasteiger partial charge on any atom is 0.258 e. The van der Waals surface area contributed by atoms with Gasteiger partial charge in [0.2, 0.25) is 5.91 Å². The summed E-state index contributed by atoms with van der Waals surface area (Å²) < 4.78 is 5.37. The van der Waals surface area contributed by atoms with Crippen molar-refractivity contribution in [3.8, 4) is 11.8 Å². The number of carbonyl (C=O) groups is 2. The molecule has 1 heterocycles. The standard InChI is InChI=1S/C22H24N4O3/c23-14-18-6-8-19(9-7-18)16-25-10-12-26(13-11-25)22(28)15-24-21(27)17-29-20-4-2-1-3-5-20/h1-9H,10-13,15-17H2,(H,24,27). The van der Waals surface area contributed by atoms with Crippen LogP contribution in [-0.2, 0) is 16.1 Å². The second-order valence-electron chi connectivity index (χ2n) is 6.84. The van der Waals surface area contributed by atoms with Gasteiger partial charge in [-0.05, 0) is 29.8 Å². The predicted octanol–water partition coefficient (Wildman–Crippen LogP) is 1.40. The Morgan fingerprint density at radius 3 is 2.34 bits per heavy atom. The fraction of sp³-hybridized carbons (Fsp3) is 0.318. The van der Waals surface area contributed by atoms with E-state index in [-0.39, 0.29) is 25.0 Å². The third-order valence-electron chi connectivity index (χ3n) is 4.76. The number of nitriles is 1. The summed E-state index contributed by atoms with van der Waals surface area (Å²) in [5.41, 5.74) is 1.80. The average molecular weight is 392 g/mol. The molecular weight excluding hydrogens is 368 g/mol. The molecule has 0 atom stereocenters. The van der Waals surface area contributed by atoms with E-state index in [9.17, 15) is 9.59 Å². The van der Waals surface area contributed by atoms with Crippen LogP contribution in [0.5, 0.6) is 5.75 Å². The minimum Gasteiger partial charge on any atom is -0.484 e. The summed E-state index contributed by atoms with van der Waals surface area (Å²) in [6, 6.07) is 18.8. The van der Waals surface area contributed by atoms with Gasteiger partial charge in [-0.2, -0.15) is 5.26 Å². The number of ether oxygens (including phenoxy) is 1. The molecule has 1 N–H and O–H groups in total. The number of benzene rings is 2. The van der Waals surface area contributed by atoms with Gasteiger partial charge >= 0.3 is 0 Å². The van der Waals surface area contributed by atoms with E-state index in [4.69, 9.17) is 10.00 Å². The lowest BCUT2D eigenvalue weighted by atomic mass is 10.1. The van der Waals surface area contributed by atoms with E-state index in [0.717, 1.165) is 25.2 Å². The van der Waals surface area contributed by atoms with Crippen molar-refractivity contribution >= 4 is 11.8 Å². The summed E-state index contributed by atoms with van der Waals surface area (Å²) in [6.45, 7) is 3.47. The van der Waals surface area contributed by atoms with Crippen LogP contribution in [0.15, 0.2) is 54.6 Å². The SMILES string of the molecule is N#Cc1ccc(CN2CCN(C(=O)CNC(=O)COc3ccccc3)CC2)cc1. The number of rotatable bonds is 7. The van der Waals surface area contributed by atoms with Crippen molar-refractivity contribution in [2.24, 2.45) is 0 Å². The normalized spacial score (nSPS) is 14.1. The van der Waals surface area contributed by atoms with E-state index in [2.05, 4.69) is 16.3 Å². The number of amides is 2. The van der Waals surface area contributed by atoms with Crippen LogP contribution in [0.2, 0.25) is 0 Å². The highest BCUT2D eigenvalue weighted by Crippen LogP contribution is 2.10. The Labute approximate surface area is 170 Å². The third kappa shape index (κ3) is 6.33. The molecule has 1 aliphatic rings. The quantitative estimate of drug-likeness (QED) is 0.770. The second-order valence-corrected chi connectivity index (χ2v) is 6.84. The van der Waals surface area contributed by atoms with E-state index in [1.807, 2.05) is 42.5 Å². The zero-order chi connectivity index (χ0) is 20.5. The molecule has 2 aromatic rings. The molecule has 150 valence electrons. The lowest BCUT2D eigenvalue weighted by Crippen LogP contribution is -2.51. The Balaban J connectivity index is 1.35. The molecule has 0 aliphatic carbocycles. The Kier molecular flexibility index (Phi) is 7.20. The number of carbonyl (C=O) groups excluding carboxylic acids is 2. The lowest BCUT2D eigenvalue weighted by molar-refractivity contribution is -0.134. The minimum absolute atomic E-state index is 0.0212. The smallest absolute Gasteiger partial charge is 0.258 e. The van der Waals surface area contributed by atoms with E-state index < -0.39 is 0 Å². The summed E-state index contributed by atoms with van der Waals surface area (Å²) in [5.74, 6) is 0.213. The lowest BCUT2D eigenvalue weighted by Gasteiger charge is -2.34. The molecule has 29 heavy (non-hydrogen) atoms. The molecule has 0 unspecified atom stereocenters. The van der Waals surface area contributed by atoms with E-state index in [0.29, 0.717) is 24.4 Å². The van der Waals surface area contributed by atoms with E-state index in [1.54, 1.807) is 17.0 Å². The predicted molar refractivity (Wildman–Crippen MR) is 108 cm³/mol. The van der Waals surface area contributed by atoms with Crippen molar-refractivity contribution < 1.29 is 14.3 Å². The highest BCUT2D eigenvalue weighted by atomic mass is 16.5. The van der Waals surface area contributed by atoms with Crippen LogP contribution in [0, 0.1) is 11.3 Å². The first-order valence-corrected chi connectivity index (χ1v) is 9.58. The van der Waals surface area contributed by atoms with Crippen molar-refractivity contribution in [3.05, 3.63) is 65.7 Å². The van der Waals surface area contributed by atoms with E-state index in [1.165, 1.54) is 0 Å². The average Bonchev–Trinajstić information content (AvgIpc) is 2.78. The van der Waals surface area contributed by atoms with Crippen LogP contribution in [-0.4, -0.2) is 60.9 Å². The molecule has 1 fully saturated rings. The third-order valence-corrected chi connectivity index (χ3v) is 4.76. The summed E-state index contributed by atoms with van der Waals surface area (Å²) in [7, 11) is 0. The fourth-order valence-corrected chi connectivity index (χ4v) is 3.10. The van der Waals surface area contributed by atoms with Gasteiger partial charge in [-0.15, -0.1) is 0 Å². The van der Waals surface area contributed by atoms with Gasteiger partial charge in [-0.25, -0.2) is 0 Å². The summed E-state index contributed by atoms with van der Waals surface area (Å²) in [6.07, 6.45) is 0. The molecule has 0 bridgehead atoms. The van der Waals surface area contributed by atoms with Gasteiger partial charge in [-0.1, -0.05) is 30.3 Å². The van der Waals surface area contributed by atoms with Crippen molar-refractivity contribution in [2.75, 3.05) is 39.3 Å². The van der Waals surface area contributed by atoms with Crippen molar-refractivity contribution in [3.63, 3.8) is 0 Å². The maximum atomic E-state index is 12.3. The molecule has 7 nitrogen and oxygen atoms in total. The zero-order valence-electron chi connectivity index (χ0n) is 16.2. The molecule has 1 saturated heterocycles. The Hall–Kier alpha value is -3.37. The Morgan fingerprint density at radius 1 is 1.00 bits per heavy atom. The number of hydrogen-bond acceptors (Lipinski definition) is 5. The molecular formula is C22H24N4O3. The molecule has 1 aliphatic heterocycles. The van der Waals surface area contributed by atoms with Crippen LogP contribution in [0.25, 0.3) is 0 Å². The van der Waals surface area contributed by atoms with Gasteiger partial charge in [0, 0.05) is 32.7 Å². The summed E-state index contributed by atoms with van der Waals surface area (Å²) in [4.78, 5) is 28.2. The van der Waals surface area contributed by atoms with Gasteiger partial charge in [0.15, 0.2) is 6.61 Å². The first-order valence-electron chi connectivity index (χ1n) is 9.58. The molecule has 7 heteroatoms. The molecule has 3 rings (SSSR count). The van der Waals surface area contributed by atoms with Gasteiger partial charge in [0.1, 0.15) is 5.75 Å². The van der Waals surface area contributed by atoms with Crippen LogP contribution >= 0.6 is 0 Å². The molecule has 0 radical (unpaired) electrons. The first kappa shape index (κ1) is 20.4. The van der Waals surface area contributed by atoms with Gasteiger partial charge < -0.3 is 15.0 Å². The Bertz CT molecular complexity index is 854. The monoisotopic (exact) mass is 392 g/mol. The minimum atomic E-state index is -0.318. The zero-order valence-corrected chi connectivity index (χ0v) is 16.2. The molecule has 0 aromatic heterocycles. The van der Waals surface area contributed by atoms with Crippen molar-refractivity contribution in [1.82, 2.24) is 15.1 Å². The van der Waals surface area contributed by atoms with Crippen LogP contribution in [0.4, 0.5) is 0 Å². The molecule has 0 saturated carbocycles. The van der Waals surface area contributed by atoms with Crippen molar-refractivity contribution in [1.29, 1.82) is 5.26 Å². The maximum absolute atomic E-state index is 12.3. The summed E-state index contributed by atoms with van der Waals surface area (Å²) >= 11 is 0. The molecule has 2 amide bonds. The number of piperazine rings is 1. The highest BCUT2D eigenvalue weighted by Gasteiger charge is 2.21. The Morgan fingerprint density at radius 2 is 1.69 bits per heavy atom. The van der Waals surface area contributed by atoms with Crippen LogP contribution in [0.3, 0.4) is 0 Å². The first-order chi connectivity index (χ1) is 14.1. The van der Waals surface area contributed by atoms with Gasteiger partial charge in [0.25, 0.3) is 5.91 Å².